The number of aromatic nitrogens is 1. The molecule has 1 aromatic rings. The first kappa shape index (κ1) is 9.93. The molecule has 1 fully saturated rings. The Kier molecular flexibility index (Phi) is 2.74. The second-order valence-corrected chi connectivity index (χ2v) is 4.78. The van der Waals surface area contributed by atoms with Crippen LogP contribution in [0.25, 0.3) is 0 Å². The Morgan fingerprint density at radius 1 is 1.43 bits per heavy atom. The highest BCUT2D eigenvalue weighted by molar-refractivity contribution is 7.13. The first-order valence-corrected chi connectivity index (χ1v) is 5.79. The number of nitrogens with zero attached hydrogens (tertiary/aromatic N) is 1. The van der Waals surface area contributed by atoms with Gasteiger partial charge >= 0.3 is 0 Å². The lowest BCUT2D eigenvalue weighted by Crippen LogP contribution is -2.27. The van der Waals surface area contributed by atoms with Gasteiger partial charge in [-0.1, -0.05) is 30.6 Å². The third-order valence-corrected chi connectivity index (χ3v) is 3.95. The van der Waals surface area contributed by atoms with Crippen molar-refractivity contribution < 1.29 is 9.84 Å². The molecular formula is C10H15NO2S. The van der Waals surface area contributed by atoms with Crippen molar-refractivity contribution in [2.24, 2.45) is 0 Å². The van der Waals surface area contributed by atoms with E-state index < -0.39 is 5.60 Å². The van der Waals surface area contributed by atoms with Crippen molar-refractivity contribution in [1.82, 2.24) is 4.98 Å². The van der Waals surface area contributed by atoms with E-state index in [2.05, 4.69) is 4.98 Å². The van der Waals surface area contributed by atoms with E-state index in [1.807, 2.05) is 0 Å². The molecule has 1 aliphatic rings. The zero-order valence-corrected chi connectivity index (χ0v) is 9.14. The summed E-state index contributed by atoms with van der Waals surface area (Å²) in [5, 5.41) is 11.0. The van der Waals surface area contributed by atoms with Gasteiger partial charge in [-0.05, 0) is 12.8 Å². The van der Waals surface area contributed by atoms with Crippen LogP contribution in [0.15, 0.2) is 6.20 Å². The van der Waals surface area contributed by atoms with Crippen LogP contribution in [-0.2, 0) is 5.60 Å². The number of hydrogen-bond acceptors (Lipinski definition) is 4. The summed E-state index contributed by atoms with van der Waals surface area (Å²) in [6.45, 7) is 0. The average molecular weight is 213 g/mol. The molecule has 4 heteroatoms. The molecule has 0 saturated heterocycles. The fourth-order valence-corrected chi connectivity index (χ4v) is 2.83. The summed E-state index contributed by atoms with van der Waals surface area (Å²) < 4.78 is 5.03. The fourth-order valence-electron chi connectivity index (χ4n) is 1.95. The molecule has 0 aromatic carbocycles. The van der Waals surface area contributed by atoms with Crippen LogP contribution in [0.3, 0.4) is 0 Å². The summed E-state index contributed by atoms with van der Waals surface area (Å²) in [6, 6.07) is 0. The molecule has 0 amide bonds. The third kappa shape index (κ3) is 1.77. The van der Waals surface area contributed by atoms with Crippen molar-refractivity contribution >= 4 is 11.3 Å². The third-order valence-electron chi connectivity index (χ3n) is 2.80. The number of ether oxygens (including phenoxy) is 1. The molecule has 3 nitrogen and oxygen atoms in total. The van der Waals surface area contributed by atoms with Crippen molar-refractivity contribution in [3.63, 3.8) is 0 Å². The zero-order chi connectivity index (χ0) is 10.0. The lowest BCUT2D eigenvalue weighted by atomic mass is 9.84. The molecular weight excluding hydrogens is 198 g/mol. The second-order valence-electron chi connectivity index (χ2n) is 3.79. The number of rotatable bonds is 2. The fraction of sp³-hybridized carbons (Fsp3) is 0.700. The Morgan fingerprint density at radius 3 is 2.71 bits per heavy atom. The molecule has 1 saturated carbocycles. The van der Waals surface area contributed by atoms with Gasteiger partial charge in [-0.25, -0.2) is 4.98 Å². The molecule has 14 heavy (non-hydrogen) atoms. The van der Waals surface area contributed by atoms with Crippen LogP contribution < -0.4 is 4.74 Å². The molecule has 0 unspecified atom stereocenters. The van der Waals surface area contributed by atoms with Gasteiger partial charge in [-0.2, -0.15) is 0 Å². The normalized spacial score (nSPS) is 20.7. The predicted molar refractivity (Wildman–Crippen MR) is 55.6 cm³/mol. The van der Waals surface area contributed by atoms with E-state index in [-0.39, 0.29) is 0 Å². The van der Waals surface area contributed by atoms with Gasteiger partial charge in [0.2, 0.25) is 0 Å². The van der Waals surface area contributed by atoms with Gasteiger partial charge in [0.15, 0.2) is 0 Å². The molecule has 2 rings (SSSR count). The Hall–Kier alpha value is -0.610. The first-order chi connectivity index (χ1) is 6.74. The molecule has 0 bridgehead atoms. The molecule has 1 aromatic heterocycles. The lowest BCUT2D eigenvalue weighted by Gasteiger charge is -2.30. The minimum atomic E-state index is -0.632. The summed E-state index contributed by atoms with van der Waals surface area (Å²) in [5.41, 5.74) is -0.632. The van der Waals surface area contributed by atoms with Crippen molar-refractivity contribution in [1.29, 1.82) is 0 Å². The molecule has 0 spiro atoms. The highest BCUT2D eigenvalue weighted by Crippen LogP contribution is 2.40. The largest absolute Gasteiger partial charge is 0.473 e. The van der Waals surface area contributed by atoms with Crippen LogP contribution in [-0.4, -0.2) is 17.2 Å². The lowest BCUT2D eigenvalue weighted by molar-refractivity contribution is 0.00264. The van der Waals surface area contributed by atoms with Gasteiger partial charge < -0.3 is 9.84 Å². The standard InChI is InChI=1S/C10H15NO2S/c1-13-9-11-7-8(14-9)10(12)5-3-2-4-6-10/h7,12H,2-6H2,1H3. The summed E-state index contributed by atoms with van der Waals surface area (Å²) >= 11 is 1.45. The van der Waals surface area contributed by atoms with Gasteiger partial charge in [0.05, 0.1) is 12.0 Å². The van der Waals surface area contributed by atoms with Crippen LogP contribution in [0.2, 0.25) is 0 Å². The van der Waals surface area contributed by atoms with E-state index in [9.17, 15) is 5.11 Å². The number of hydrogen-bond donors (Lipinski definition) is 1. The monoisotopic (exact) mass is 213 g/mol. The number of aliphatic hydroxyl groups is 1. The van der Waals surface area contributed by atoms with Crippen LogP contribution >= 0.6 is 11.3 Å². The van der Waals surface area contributed by atoms with E-state index >= 15 is 0 Å². The van der Waals surface area contributed by atoms with E-state index in [1.54, 1.807) is 13.3 Å². The molecule has 1 aliphatic carbocycles. The summed E-state index contributed by atoms with van der Waals surface area (Å²) in [5.74, 6) is 0. The second kappa shape index (κ2) is 3.87. The maximum absolute atomic E-state index is 10.4. The van der Waals surface area contributed by atoms with Crippen molar-refractivity contribution in [2.75, 3.05) is 7.11 Å². The molecule has 1 heterocycles. The van der Waals surface area contributed by atoms with Crippen LogP contribution in [0.4, 0.5) is 0 Å². The van der Waals surface area contributed by atoms with Crippen molar-refractivity contribution in [3.8, 4) is 5.19 Å². The maximum atomic E-state index is 10.4. The van der Waals surface area contributed by atoms with Gasteiger partial charge in [-0.3, -0.25) is 0 Å². The minimum Gasteiger partial charge on any atom is -0.473 e. The van der Waals surface area contributed by atoms with Gasteiger partial charge in [-0.15, -0.1) is 0 Å². The molecule has 78 valence electrons. The van der Waals surface area contributed by atoms with Gasteiger partial charge in [0.25, 0.3) is 5.19 Å². The molecule has 0 aliphatic heterocycles. The zero-order valence-electron chi connectivity index (χ0n) is 8.32. The Bertz CT molecular complexity index is 305. The highest BCUT2D eigenvalue weighted by atomic mass is 32.1. The predicted octanol–water partition coefficient (Wildman–Crippen LogP) is 2.30. The highest BCUT2D eigenvalue weighted by Gasteiger charge is 2.33. The Balaban J connectivity index is 2.19. The van der Waals surface area contributed by atoms with E-state index in [1.165, 1.54) is 17.8 Å². The topological polar surface area (TPSA) is 42.4 Å². The number of thiazole rings is 1. The summed E-state index contributed by atoms with van der Waals surface area (Å²) in [4.78, 5) is 5.04. The van der Waals surface area contributed by atoms with E-state index in [0.29, 0.717) is 5.19 Å². The summed E-state index contributed by atoms with van der Waals surface area (Å²) in [7, 11) is 1.60. The smallest absolute Gasteiger partial charge is 0.273 e. The van der Waals surface area contributed by atoms with E-state index in [0.717, 1.165) is 30.6 Å². The average Bonchev–Trinajstić information content (AvgIpc) is 2.67. The maximum Gasteiger partial charge on any atom is 0.273 e. The Labute approximate surface area is 87.7 Å². The van der Waals surface area contributed by atoms with Gasteiger partial charge in [0.1, 0.15) is 5.60 Å². The molecule has 0 radical (unpaired) electrons. The quantitative estimate of drug-likeness (QED) is 0.819. The van der Waals surface area contributed by atoms with Crippen LogP contribution in [0.1, 0.15) is 37.0 Å². The van der Waals surface area contributed by atoms with Gasteiger partial charge in [0, 0.05) is 6.20 Å². The minimum absolute atomic E-state index is 0.632. The number of methoxy groups -OCH3 is 1. The van der Waals surface area contributed by atoms with E-state index in [4.69, 9.17) is 4.74 Å². The van der Waals surface area contributed by atoms with Crippen LogP contribution in [0.5, 0.6) is 5.19 Å². The van der Waals surface area contributed by atoms with Crippen LogP contribution in [0, 0.1) is 0 Å². The molecule has 0 atom stereocenters. The Morgan fingerprint density at radius 2 is 2.14 bits per heavy atom. The van der Waals surface area contributed by atoms with Crippen molar-refractivity contribution in [3.05, 3.63) is 11.1 Å². The first-order valence-electron chi connectivity index (χ1n) is 4.97. The van der Waals surface area contributed by atoms with Crippen molar-refractivity contribution in [2.45, 2.75) is 37.7 Å². The SMILES string of the molecule is COc1ncc(C2(O)CCCCC2)s1. The summed E-state index contributed by atoms with van der Waals surface area (Å²) in [6.07, 6.45) is 6.91. The molecule has 1 N–H and O–H groups in total.